The molecule has 0 aromatic heterocycles. The Bertz CT molecular complexity index is 494. The molecule has 1 unspecified atom stereocenters. The number of ether oxygens (including phenoxy) is 1. The van der Waals surface area contributed by atoms with Crippen molar-refractivity contribution >= 4 is 21.8 Å². The van der Waals surface area contributed by atoms with Crippen molar-refractivity contribution in [3.8, 4) is 18.1 Å². The van der Waals surface area contributed by atoms with Crippen LogP contribution in [0.15, 0.2) is 22.7 Å². The van der Waals surface area contributed by atoms with E-state index in [1.165, 1.54) is 0 Å². The van der Waals surface area contributed by atoms with Gasteiger partial charge in [-0.2, -0.15) is 0 Å². The average Bonchev–Trinajstić information content (AvgIpc) is 2.37. The molecular weight excluding hydrogens is 310 g/mol. The van der Waals surface area contributed by atoms with Crippen molar-refractivity contribution in [3.63, 3.8) is 0 Å². The van der Waals surface area contributed by atoms with Crippen LogP contribution >= 0.6 is 15.9 Å². The lowest BCUT2D eigenvalue weighted by Crippen LogP contribution is -2.36. The summed E-state index contributed by atoms with van der Waals surface area (Å²) < 4.78 is 6.39. The van der Waals surface area contributed by atoms with E-state index in [0.29, 0.717) is 11.3 Å². The van der Waals surface area contributed by atoms with E-state index in [1.807, 2.05) is 0 Å². The number of terminal acetylenes is 1. The molecule has 2 atom stereocenters. The minimum absolute atomic E-state index is 0.163. The van der Waals surface area contributed by atoms with Gasteiger partial charge >= 0.3 is 0 Å². The molecule has 5 heteroatoms. The SMILES string of the molecule is C#CCNC(=O)C(C)Oc1ccc(Br)cc1[C@H](C)O. The number of rotatable bonds is 5. The van der Waals surface area contributed by atoms with Gasteiger partial charge in [0.2, 0.25) is 0 Å². The average molecular weight is 326 g/mol. The summed E-state index contributed by atoms with van der Waals surface area (Å²) in [6, 6.07) is 5.25. The molecule has 1 rings (SSSR count). The van der Waals surface area contributed by atoms with Crippen molar-refractivity contribution in [2.75, 3.05) is 6.54 Å². The molecule has 2 N–H and O–H groups in total. The van der Waals surface area contributed by atoms with E-state index in [9.17, 15) is 9.90 Å². The van der Waals surface area contributed by atoms with E-state index in [2.05, 4.69) is 27.2 Å². The van der Waals surface area contributed by atoms with Crippen molar-refractivity contribution in [2.45, 2.75) is 26.1 Å². The molecule has 0 radical (unpaired) electrons. The summed E-state index contributed by atoms with van der Waals surface area (Å²) in [6.45, 7) is 3.42. The van der Waals surface area contributed by atoms with E-state index in [0.717, 1.165) is 4.47 Å². The molecule has 1 aromatic rings. The summed E-state index contributed by atoms with van der Waals surface area (Å²) in [7, 11) is 0. The number of hydrogen-bond donors (Lipinski definition) is 2. The normalized spacial score (nSPS) is 13.2. The summed E-state index contributed by atoms with van der Waals surface area (Å²) in [5.41, 5.74) is 0.617. The fourth-order valence-electron chi connectivity index (χ4n) is 1.48. The monoisotopic (exact) mass is 325 g/mol. The Morgan fingerprint density at radius 2 is 2.26 bits per heavy atom. The van der Waals surface area contributed by atoms with Crippen LogP contribution in [-0.2, 0) is 4.79 Å². The maximum absolute atomic E-state index is 11.7. The van der Waals surface area contributed by atoms with Gasteiger partial charge in [-0.15, -0.1) is 6.42 Å². The van der Waals surface area contributed by atoms with Gasteiger partial charge < -0.3 is 15.2 Å². The number of hydrogen-bond acceptors (Lipinski definition) is 3. The fraction of sp³-hybridized carbons (Fsp3) is 0.357. The van der Waals surface area contributed by atoms with E-state index in [4.69, 9.17) is 11.2 Å². The molecular formula is C14H16BrNO3. The summed E-state index contributed by atoms with van der Waals surface area (Å²) >= 11 is 3.33. The third kappa shape index (κ3) is 4.58. The first-order valence-corrected chi connectivity index (χ1v) is 6.60. The third-order valence-electron chi connectivity index (χ3n) is 2.46. The predicted molar refractivity (Wildman–Crippen MR) is 76.7 cm³/mol. The van der Waals surface area contributed by atoms with Gasteiger partial charge in [-0.25, -0.2) is 0 Å². The largest absolute Gasteiger partial charge is 0.481 e. The summed E-state index contributed by atoms with van der Waals surface area (Å²) in [4.78, 5) is 11.7. The van der Waals surface area contributed by atoms with Crippen LogP contribution in [0.2, 0.25) is 0 Å². The Balaban J connectivity index is 2.82. The predicted octanol–water partition coefficient (Wildman–Crippen LogP) is 2.02. The molecule has 0 saturated carbocycles. The zero-order valence-corrected chi connectivity index (χ0v) is 12.4. The molecule has 0 bridgehead atoms. The highest BCUT2D eigenvalue weighted by molar-refractivity contribution is 9.10. The molecule has 4 nitrogen and oxygen atoms in total. The lowest BCUT2D eigenvalue weighted by Gasteiger charge is -2.18. The highest BCUT2D eigenvalue weighted by Gasteiger charge is 2.17. The Hall–Kier alpha value is -1.51. The van der Waals surface area contributed by atoms with Gasteiger partial charge in [0.25, 0.3) is 5.91 Å². The number of carbonyl (C=O) groups excluding carboxylic acids is 1. The van der Waals surface area contributed by atoms with Crippen LogP contribution < -0.4 is 10.1 Å². The second kappa shape index (κ2) is 7.17. The van der Waals surface area contributed by atoms with Crippen LogP contribution in [0.1, 0.15) is 25.5 Å². The molecule has 1 amide bonds. The summed E-state index contributed by atoms with van der Waals surface area (Å²) in [5, 5.41) is 12.2. The fourth-order valence-corrected chi connectivity index (χ4v) is 1.86. The minimum Gasteiger partial charge on any atom is -0.481 e. The number of nitrogens with one attached hydrogen (secondary N) is 1. The molecule has 0 aliphatic heterocycles. The Morgan fingerprint density at radius 1 is 1.58 bits per heavy atom. The lowest BCUT2D eigenvalue weighted by molar-refractivity contribution is -0.127. The molecule has 0 heterocycles. The van der Waals surface area contributed by atoms with Gasteiger partial charge in [-0.05, 0) is 32.0 Å². The van der Waals surface area contributed by atoms with E-state index in [1.54, 1.807) is 32.0 Å². The zero-order valence-electron chi connectivity index (χ0n) is 10.8. The maximum atomic E-state index is 11.7. The number of carbonyl (C=O) groups is 1. The van der Waals surface area contributed by atoms with Crippen LogP contribution in [0.5, 0.6) is 5.75 Å². The van der Waals surface area contributed by atoms with Crippen molar-refractivity contribution in [3.05, 3.63) is 28.2 Å². The first-order chi connectivity index (χ1) is 8.95. The van der Waals surface area contributed by atoms with Crippen LogP contribution in [0.4, 0.5) is 0 Å². The second-order valence-electron chi connectivity index (χ2n) is 4.04. The topological polar surface area (TPSA) is 58.6 Å². The number of benzene rings is 1. The van der Waals surface area contributed by atoms with Crippen molar-refractivity contribution in [1.29, 1.82) is 0 Å². The van der Waals surface area contributed by atoms with Crippen LogP contribution in [-0.4, -0.2) is 23.7 Å². The van der Waals surface area contributed by atoms with Crippen molar-refractivity contribution in [1.82, 2.24) is 5.32 Å². The van der Waals surface area contributed by atoms with Crippen LogP contribution in [0.3, 0.4) is 0 Å². The number of aliphatic hydroxyl groups is 1. The quantitative estimate of drug-likeness (QED) is 0.814. The van der Waals surface area contributed by atoms with Gasteiger partial charge in [-0.1, -0.05) is 21.9 Å². The molecule has 0 spiro atoms. The maximum Gasteiger partial charge on any atom is 0.261 e. The first kappa shape index (κ1) is 15.5. The van der Waals surface area contributed by atoms with Crippen LogP contribution in [0.25, 0.3) is 0 Å². The van der Waals surface area contributed by atoms with E-state index in [-0.39, 0.29) is 12.5 Å². The highest BCUT2D eigenvalue weighted by atomic mass is 79.9. The molecule has 1 aromatic carbocycles. The van der Waals surface area contributed by atoms with Gasteiger partial charge in [-0.3, -0.25) is 4.79 Å². The standard InChI is InChI=1S/C14H16BrNO3/c1-4-7-16-14(18)10(3)19-13-6-5-11(15)8-12(13)9(2)17/h1,5-6,8-10,17H,7H2,2-3H3,(H,16,18)/t9-,10?/m0/s1. The Labute approximate surface area is 121 Å². The van der Waals surface area contributed by atoms with E-state index >= 15 is 0 Å². The smallest absolute Gasteiger partial charge is 0.261 e. The molecule has 102 valence electrons. The molecule has 0 fully saturated rings. The summed E-state index contributed by atoms with van der Waals surface area (Å²) in [5.74, 6) is 2.50. The highest BCUT2D eigenvalue weighted by Crippen LogP contribution is 2.29. The number of halogens is 1. The summed E-state index contributed by atoms with van der Waals surface area (Å²) in [6.07, 6.45) is 3.69. The lowest BCUT2D eigenvalue weighted by atomic mass is 10.1. The first-order valence-electron chi connectivity index (χ1n) is 5.81. The van der Waals surface area contributed by atoms with E-state index < -0.39 is 12.2 Å². The molecule has 0 saturated heterocycles. The molecule has 0 aliphatic rings. The van der Waals surface area contributed by atoms with Gasteiger partial charge in [0, 0.05) is 10.0 Å². The Kier molecular flexibility index (Phi) is 5.87. The molecule has 0 aliphatic carbocycles. The number of aliphatic hydroxyl groups excluding tert-OH is 1. The number of amides is 1. The van der Waals surface area contributed by atoms with Crippen molar-refractivity contribution < 1.29 is 14.6 Å². The van der Waals surface area contributed by atoms with Gasteiger partial charge in [0.05, 0.1) is 12.6 Å². The Morgan fingerprint density at radius 3 is 2.84 bits per heavy atom. The minimum atomic E-state index is -0.688. The molecule has 19 heavy (non-hydrogen) atoms. The third-order valence-corrected chi connectivity index (χ3v) is 2.95. The van der Waals surface area contributed by atoms with Crippen molar-refractivity contribution in [2.24, 2.45) is 0 Å². The van der Waals surface area contributed by atoms with Crippen LogP contribution in [0, 0.1) is 12.3 Å². The van der Waals surface area contributed by atoms with Gasteiger partial charge in [0.15, 0.2) is 6.10 Å². The zero-order chi connectivity index (χ0) is 14.4. The van der Waals surface area contributed by atoms with Gasteiger partial charge in [0.1, 0.15) is 5.75 Å². The second-order valence-corrected chi connectivity index (χ2v) is 4.96.